The van der Waals surface area contributed by atoms with Crippen molar-refractivity contribution in [3.63, 3.8) is 0 Å². The number of carbonyl (C=O) groups is 1. The molecule has 0 saturated heterocycles. The lowest BCUT2D eigenvalue weighted by Crippen LogP contribution is -2.31. The Balaban J connectivity index is 2.29. The summed E-state index contributed by atoms with van der Waals surface area (Å²) in [6.45, 7) is 3.30. The molecule has 4 heteroatoms. The molecule has 2 aromatic carbocycles. The zero-order valence-electron chi connectivity index (χ0n) is 12.8. The third-order valence-corrected chi connectivity index (χ3v) is 5.99. The number of hydrogen-bond donors (Lipinski definition) is 0. The number of ketones is 1. The number of benzene rings is 2. The molecule has 0 N–H and O–H groups in total. The van der Waals surface area contributed by atoms with Gasteiger partial charge < -0.3 is 0 Å². The van der Waals surface area contributed by atoms with E-state index in [-0.39, 0.29) is 11.5 Å². The Bertz CT molecular complexity index is 732. The first-order valence-electron chi connectivity index (χ1n) is 7.41. The SMILES string of the molecule is CC[C@H](C(=O)c1ccc(-c2ccccc2)cc1)S(=O)(=O)CC. The molecule has 0 heterocycles. The second-order valence-electron chi connectivity index (χ2n) is 5.16. The summed E-state index contributed by atoms with van der Waals surface area (Å²) >= 11 is 0. The minimum Gasteiger partial charge on any atom is -0.293 e. The fourth-order valence-corrected chi connectivity index (χ4v) is 3.82. The van der Waals surface area contributed by atoms with Crippen molar-refractivity contribution in [2.45, 2.75) is 25.5 Å². The van der Waals surface area contributed by atoms with Gasteiger partial charge in [0, 0.05) is 11.3 Å². The van der Waals surface area contributed by atoms with Crippen LogP contribution >= 0.6 is 0 Å². The molecule has 0 spiro atoms. The molecule has 0 saturated carbocycles. The van der Waals surface area contributed by atoms with Crippen molar-refractivity contribution in [2.75, 3.05) is 5.75 Å². The van der Waals surface area contributed by atoms with Crippen LogP contribution in [0.3, 0.4) is 0 Å². The average molecular weight is 316 g/mol. The minimum atomic E-state index is -3.37. The van der Waals surface area contributed by atoms with Crippen molar-refractivity contribution in [3.05, 3.63) is 60.2 Å². The van der Waals surface area contributed by atoms with E-state index in [1.54, 1.807) is 26.0 Å². The maximum Gasteiger partial charge on any atom is 0.180 e. The van der Waals surface area contributed by atoms with Crippen LogP contribution in [0.4, 0.5) is 0 Å². The Kier molecular flexibility index (Phi) is 5.14. The van der Waals surface area contributed by atoms with Crippen LogP contribution < -0.4 is 0 Å². The summed E-state index contributed by atoms with van der Waals surface area (Å²) in [7, 11) is -3.37. The second-order valence-corrected chi connectivity index (χ2v) is 7.63. The van der Waals surface area contributed by atoms with Crippen LogP contribution in [-0.2, 0) is 9.84 Å². The molecule has 0 aliphatic rings. The summed E-state index contributed by atoms with van der Waals surface area (Å²) in [5, 5.41) is -0.944. The lowest BCUT2D eigenvalue weighted by molar-refractivity contribution is 0.0985. The molecule has 0 fully saturated rings. The van der Waals surface area contributed by atoms with Crippen molar-refractivity contribution in [1.82, 2.24) is 0 Å². The zero-order chi connectivity index (χ0) is 16.2. The summed E-state index contributed by atoms with van der Waals surface area (Å²) < 4.78 is 24.0. The molecule has 0 radical (unpaired) electrons. The predicted octanol–water partition coefficient (Wildman–Crippen LogP) is 3.75. The maximum absolute atomic E-state index is 12.5. The summed E-state index contributed by atoms with van der Waals surface area (Å²) in [5.74, 6) is -0.330. The lowest BCUT2D eigenvalue weighted by Gasteiger charge is -2.14. The van der Waals surface area contributed by atoms with Gasteiger partial charge in [-0.1, -0.05) is 68.4 Å². The van der Waals surface area contributed by atoms with Gasteiger partial charge in [-0.3, -0.25) is 4.79 Å². The van der Waals surface area contributed by atoms with E-state index in [1.165, 1.54) is 0 Å². The standard InChI is InChI=1S/C18H20O3S/c1-3-17(22(20,21)4-2)18(19)16-12-10-15(11-13-16)14-8-6-5-7-9-14/h5-13,17H,3-4H2,1-2H3/t17-/m1/s1. The maximum atomic E-state index is 12.5. The van der Waals surface area contributed by atoms with Crippen molar-refractivity contribution in [2.24, 2.45) is 0 Å². The molecule has 3 nitrogen and oxygen atoms in total. The first kappa shape index (κ1) is 16.4. The molecule has 22 heavy (non-hydrogen) atoms. The monoisotopic (exact) mass is 316 g/mol. The summed E-state index contributed by atoms with van der Waals surface area (Å²) in [6.07, 6.45) is 0.301. The fourth-order valence-electron chi connectivity index (χ4n) is 2.45. The van der Waals surface area contributed by atoms with Crippen LogP contribution in [-0.4, -0.2) is 25.2 Å². The van der Waals surface area contributed by atoms with E-state index < -0.39 is 15.1 Å². The summed E-state index contributed by atoms with van der Waals surface area (Å²) in [4.78, 5) is 12.5. The van der Waals surface area contributed by atoms with E-state index in [0.717, 1.165) is 11.1 Å². The quantitative estimate of drug-likeness (QED) is 0.763. The predicted molar refractivity (Wildman–Crippen MR) is 89.7 cm³/mol. The molecule has 0 aromatic heterocycles. The Labute approximate surface area is 131 Å². The lowest BCUT2D eigenvalue weighted by atomic mass is 10.0. The van der Waals surface area contributed by atoms with Crippen molar-refractivity contribution < 1.29 is 13.2 Å². The number of sulfone groups is 1. The first-order chi connectivity index (χ1) is 10.5. The topological polar surface area (TPSA) is 51.2 Å². The average Bonchev–Trinajstić information content (AvgIpc) is 2.56. The van der Waals surface area contributed by atoms with E-state index in [9.17, 15) is 13.2 Å². The molecule has 116 valence electrons. The van der Waals surface area contributed by atoms with Gasteiger partial charge in [-0.25, -0.2) is 8.42 Å². The van der Waals surface area contributed by atoms with Crippen LogP contribution in [0, 0.1) is 0 Å². The fraction of sp³-hybridized carbons (Fsp3) is 0.278. The van der Waals surface area contributed by atoms with Gasteiger partial charge in [0.1, 0.15) is 5.25 Å². The van der Waals surface area contributed by atoms with Crippen LogP contribution in [0.25, 0.3) is 11.1 Å². The number of carbonyl (C=O) groups excluding carboxylic acids is 1. The largest absolute Gasteiger partial charge is 0.293 e. The molecule has 0 bridgehead atoms. The highest BCUT2D eigenvalue weighted by Gasteiger charge is 2.29. The van der Waals surface area contributed by atoms with Gasteiger partial charge >= 0.3 is 0 Å². The summed E-state index contributed by atoms with van der Waals surface area (Å²) in [5.41, 5.74) is 2.52. The normalized spacial score (nSPS) is 12.8. The van der Waals surface area contributed by atoms with E-state index in [4.69, 9.17) is 0 Å². The number of rotatable bonds is 6. The molecule has 0 amide bonds. The Morgan fingerprint density at radius 1 is 0.909 bits per heavy atom. The first-order valence-corrected chi connectivity index (χ1v) is 9.12. The summed E-state index contributed by atoms with van der Waals surface area (Å²) in [6, 6.07) is 17.0. The van der Waals surface area contributed by atoms with Crippen molar-refractivity contribution in [1.29, 1.82) is 0 Å². The van der Waals surface area contributed by atoms with Crippen LogP contribution in [0.1, 0.15) is 30.6 Å². The Hall–Kier alpha value is -1.94. The molecule has 0 aliphatic heterocycles. The van der Waals surface area contributed by atoms with Crippen LogP contribution in [0.5, 0.6) is 0 Å². The highest BCUT2D eigenvalue weighted by atomic mass is 32.2. The smallest absolute Gasteiger partial charge is 0.180 e. The number of hydrogen-bond acceptors (Lipinski definition) is 3. The van der Waals surface area contributed by atoms with Gasteiger partial charge in [0.2, 0.25) is 0 Å². The van der Waals surface area contributed by atoms with Gasteiger partial charge in [-0.15, -0.1) is 0 Å². The Morgan fingerprint density at radius 3 is 1.95 bits per heavy atom. The molecule has 2 rings (SSSR count). The van der Waals surface area contributed by atoms with Gasteiger partial charge in [0.15, 0.2) is 15.6 Å². The number of Topliss-reactive ketones (excluding diaryl/α,β-unsaturated/α-hetero) is 1. The Morgan fingerprint density at radius 2 is 1.45 bits per heavy atom. The van der Waals surface area contributed by atoms with E-state index in [0.29, 0.717) is 12.0 Å². The molecular formula is C18H20O3S. The van der Waals surface area contributed by atoms with Crippen molar-refractivity contribution >= 4 is 15.6 Å². The molecule has 2 aromatic rings. The van der Waals surface area contributed by atoms with Gasteiger partial charge in [-0.05, 0) is 17.5 Å². The highest BCUT2D eigenvalue weighted by molar-refractivity contribution is 7.92. The van der Waals surface area contributed by atoms with E-state index in [1.807, 2.05) is 42.5 Å². The van der Waals surface area contributed by atoms with Gasteiger partial charge in [0.25, 0.3) is 0 Å². The molecule has 1 atom stereocenters. The van der Waals surface area contributed by atoms with Crippen LogP contribution in [0.2, 0.25) is 0 Å². The third-order valence-electron chi connectivity index (χ3n) is 3.78. The second kappa shape index (κ2) is 6.88. The van der Waals surface area contributed by atoms with Gasteiger partial charge in [0.05, 0.1) is 0 Å². The highest BCUT2D eigenvalue weighted by Crippen LogP contribution is 2.21. The van der Waals surface area contributed by atoms with Gasteiger partial charge in [-0.2, -0.15) is 0 Å². The van der Waals surface area contributed by atoms with Crippen LogP contribution in [0.15, 0.2) is 54.6 Å². The van der Waals surface area contributed by atoms with E-state index in [2.05, 4.69) is 0 Å². The minimum absolute atomic E-state index is 0.0145. The van der Waals surface area contributed by atoms with E-state index >= 15 is 0 Å². The molecule has 0 unspecified atom stereocenters. The zero-order valence-corrected chi connectivity index (χ0v) is 13.6. The van der Waals surface area contributed by atoms with Crippen molar-refractivity contribution in [3.8, 4) is 11.1 Å². The third kappa shape index (κ3) is 3.45. The molecule has 0 aliphatic carbocycles. The molecular weight excluding hydrogens is 296 g/mol.